The molecule has 11 heteroatoms. The largest absolute Gasteiger partial charge is 0.444 e. The Bertz CT molecular complexity index is 428. The lowest BCUT2D eigenvalue weighted by Crippen LogP contribution is -2.43. The van der Waals surface area contributed by atoms with Gasteiger partial charge in [-0.3, -0.25) is 9.89 Å². The number of hydrogen-bond acceptors (Lipinski definition) is 4. The number of alkyl carbamates (subject to hydrolysis) is 1. The highest BCUT2D eigenvalue weighted by Gasteiger charge is 2.28. The summed E-state index contributed by atoms with van der Waals surface area (Å²) in [5.74, 6) is 0.518. The maximum atomic E-state index is 12.2. The Hall–Kier alpha value is -0.980. The number of alkyl halides is 3. The molecule has 1 amide bonds. The Labute approximate surface area is 170 Å². The van der Waals surface area contributed by atoms with Gasteiger partial charge in [-0.15, -0.1) is 24.0 Å². The molecule has 156 valence electrons. The zero-order chi connectivity index (χ0) is 19.5. The predicted octanol–water partition coefficient (Wildman–Crippen LogP) is 2.18. The van der Waals surface area contributed by atoms with Crippen LogP contribution in [0.25, 0.3) is 0 Å². The van der Waals surface area contributed by atoms with Crippen LogP contribution in [-0.4, -0.2) is 75.5 Å². The summed E-state index contributed by atoms with van der Waals surface area (Å²) in [5, 5.41) is 8.59. The van der Waals surface area contributed by atoms with Crippen molar-refractivity contribution >= 4 is 36.0 Å². The molecule has 0 saturated heterocycles. The average Bonchev–Trinajstić information content (AvgIpc) is 2.41. The van der Waals surface area contributed by atoms with Gasteiger partial charge in [0.2, 0.25) is 0 Å². The Morgan fingerprint density at radius 2 is 1.62 bits per heavy atom. The summed E-state index contributed by atoms with van der Waals surface area (Å²) in [6, 6.07) is 0. The van der Waals surface area contributed by atoms with Gasteiger partial charge in [-0.05, 0) is 40.8 Å². The van der Waals surface area contributed by atoms with Gasteiger partial charge >= 0.3 is 12.3 Å². The third kappa shape index (κ3) is 17.8. The first-order valence-electron chi connectivity index (χ1n) is 8.09. The smallest absolute Gasteiger partial charge is 0.407 e. The molecule has 0 saturated carbocycles. The minimum Gasteiger partial charge on any atom is -0.444 e. The number of ether oxygens (including phenoxy) is 1. The minimum absolute atomic E-state index is 0. The van der Waals surface area contributed by atoms with Crippen molar-refractivity contribution in [1.29, 1.82) is 0 Å². The molecule has 0 atom stereocenters. The molecule has 0 fully saturated rings. The average molecular weight is 497 g/mol. The third-order valence-corrected chi connectivity index (χ3v) is 2.77. The van der Waals surface area contributed by atoms with Gasteiger partial charge in [0.1, 0.15) is 5.60 Å². The van der Waals surface area contributed by atoms with Crippen LogP contribution in [0.4, 0.5) is 18.0 Å². The van der Waals surface area contributed by atoms with Gasteiger partial charge in [0, 0.05) is 26.7 Å². The van der Waals surface area contributed by atoms with Crippen LogP contribution in [0, 0.1) is 0 Å². The Kier molecular flexibility index (Phi) is 13.9. The topological polar surface area (TPSA) is 78.0 Å². The van der Waals surface area contributed by atoms with Crippen molar-refractivity contribution in [3.63, 3.8) is 0 Å². The molecule has 0 aliphatic carbocycles. The second-order valence-corrected chi connectivity index (χ2v) is 6.56. The predicted molar refractivity (Wildman–Crippen MR) is 107 cm³/mol. The second-order valence-electron chi connectivity index (χ2n) is 6.56. The number of nitrogens with one attached hydrogen (secondary N) is 3. The van der Waals surface area contributed by atoms with Crippen LogP contribution in [0.1, 0.15) is 27.2 Å². The van der Waals surface area contributed by atoms with E-state index in [9.17, 15) is 18.0 Å². The van der Waals surface area contributed by atoms with Crippen molar-refractivity contribution in [2.45, 2.75) is 39.0 Å². The molecule has 0 aliphatic rings. The minimum atomic E-state index is -4.18. The highest BCUT2D eigenvalue weighted by molar-refractivity contribution is 14.0. The third-order valence-electron chi connectivity index (χ3n) is 2.77. The molecule has 26 heavy (non-hydrogen) atoms. The van der Waals surface area contributed by atoms with Crippen molar-refractivity contribution in [2.24, 2.45) is 4.99 Å². The van der Waals surface area contributed by atoms with E-state index in [1.165, 1.54) is 11.9 Å². The van der Waals surface area contributed by atoms with Crippen LogP contribution in [0.15, 0.2) is 4.99 Å². The summed E-state index contributed by atoms with van der Waals surface area (Å²) in [6.45, 7) is 6.02. The van der Waals surface area contributed by atoms with Gasteiger partial charge in [-0.1, -0.05) is 0 Å². The van der Waals surface area contributed by atoms with Crippen LogP contribution < -0.4 is 16.0 Å². The molecule has 0 aromatic carbocycles. The normalized spacial score (nSPS) is 12.4. The monoisotopic (exact) mass is 497 g/mol. The number of guanidine groups is 1. The van der Waals surface area contributed by atoms with Crippen molar-refractivity contribution < 1.29 is 22.7 Å². The number of carbonyl (C=O) groups is 1. The van der Waals surface area contributed by atoms with E-state index in [2.05, 4.69) is 20.9 Å². The van der Waals surface area contributed by atoms with E-state index in [0.717, 1.165) is 0 Å². The summed E-state index contributed by atoms with van der Waals surface area (Å²) >= 11 is 0. The van der Waals surface area contributed by atoms with Crippen LogP contribution in [0.3, 0.4) is 0 Å². The molecule has 0 heterocycles. The molecule has 0 spiro atoms. The van der Waals surface area contributed by atoms with Gasteiger partial charge in [-0.2, -0.15) is 13.2 Å². The molecular formula is C15H31F3IN5O2. The molecule has 0 aliphatic heterocycles. The molecule has 0 aromatic heterocycles. The highest BCUT2D eigenvalue weighted by atomic mass is 127. The van der Waals surface area contributed by atoms with Crippen LogP contribution in [0.2, 0.25) is 0 Å². The lowest BCUT2D eigenvalue weighted by Gasteiger charge is -2.20. The molecular weight excluding hydrogens is 466 g/mol. The number of halogens is 4. The molecule has 0 bridgehead atoms. The van der Waals surface area contributed by atoms with E-state index in [-0.39, 0.29) is 24.0 Å². The lowest BCUT2D eigenvalue weighted by atomic mass is 10.2. The first-order valence-corrected chi connectivity index (χ1v) is 8.09. The molecule has 3 N–H and O–H groups in total. The van der Waals surface area contributed by atoms with Gasteiger partial charge in [0.25, 0.3) is 0 Å². The Morgan fingerprint density at radius 3 is 2.12 bits per heavy atom. The zero-order valence-electron chi connectivity index (χ0n) is 16.0. The van der Waals surface area contributed by atoms with Gasteiger partial charge in [-0.25, -0.2) is 4.79 Å². The van der Waals surface area contributed by atoms with Gasteiger partial charge in [0.15, 0.2) is 5.96 Å². The van der Waals surface area contributed by atoms with Crippen molar-refractivity contribution in [1.82, 2.24) is 20.9 Å². The van der Waals surface area contributed by atoms with E-state index >= 15 is 0 Å². The first kappa shape index (κ1) is 27.2. The number of carbonyl (C=O) groups excluding carboxylic acids is 1. The number of rotatable bonds is 8. The summed E-state index contributed by atoms with van der Waals surface area (Å²) in [7, 11) is 3.02. The fraction of sp³-hybridized carbons (Fsp3) is 0.867. The van der Waals surface area contributed by atoms with Crippen LogP contribution >= 0.6 is 24.0 Å². The number of hydrogen-bond donors (Lipinski definition) is 3. The van der Waals surface area contributed by atoms with Crippen molar-refractivity contribution in [3.05, 3.63) is 0 Å². The van der Waals surface area contributed by atoms with E-state index in [1.807, 2.05) is 0 Å². The maximum absolute atomic E-state index is 12.2. The molecule has 7 nitrogen and oxygen atoms in total. The van der Waals surface area contributed by atoms with Crippen molar-refractivity contribution in [3.8, 4) is 0 Å². The maximum Gasteiger partial charge on any atom is 0.407 e. The van der Waals surface area contributed by atoms with Crippen molar-refractivity contribution in [2.75, 3.05) is 46.8 Å². The summed E-state index contributed by atoms with van der Waals surface area (Å²) in [6.07, 6.45) is -4.13. The highest BCUT2D eigenvalue weighted by Crippen LogP contribution is 2.15. The number of nitrogens with zero attached hydrogens (tertiary/aromatic N) is 2. The number of aliphatic imine (C=N–C) groups is 1. The van der Waals surface area contributed by atoms with E-state index in [1.54, 1.807) is 27.8 Å². The molecule has 0 unspecified atom stereocenters. The standard InChI is InChI=1S/C15H30F3N5O2.HI/c1-14(2,3)25-13(24)22-9-8-21-12(19-4)20-7-6-10-23(5)11-15(16,17)18;/h6-11H2,1-5H3,(H,22,24)(H2,19,20,21);1H. The molecule has 0 rings (SSSR count). The SMILES string of the molecule is CN=C(NCCCN(C)CC(F)(F)F)NCCNC(=O)OC(C)(C)C.I. The van der Waals surface area contributed by atoms with Gasteiger partial charge < -0.3 is 20.7 Å². The van der Waals surface area contributed by atoms with Gasteiger partial charge in [0.05, 0.1) is 6.54 Å². The Balaban J connectivity index is 0. The zero-order valence-corrected chi connectivity index (χ0v) is 18.3. The fourth-order valence-electron chi connectivity index (χ4n) is 1.82. The van der Waals surface area contributed by atoms with E-state index < -0.39 is 24.4 Å². The summed E-state index contributed by atoms with van der Waals surface area (Å²) in [4.78, 5) is 16.7. The Morgan fingerprint density at radius 1 is 1.08 bits per heavy atom. The van der Waals surface area contributed by atoms with E-state index in [4.69, 9.17) is 4.74 Å². The van der Waals surface area contributed by atoms with Crippen LogP contribution in [0.5, 0.6) is 0 Å². The quantitative estimate of drug-likeness (QED) is 0.208. The fourth-order valence-corrected chi connectivity index (χ4v) is 1.82. The summed E-state index contributed by atoms with van der Waals surface area (Å²) in [5.41, 5.74) is -0.547. The van der Waals surface area contributed by atoms with Crippen LogP contribution in [-0.2, 0) is 4.74 Å². The molecule has 0 aromatic rings. The molecule has 0 radical (unpaired) electrons. The first-order chi connectivity index (χ1) is 11.4. The lowest BCUT2D eigenvalue weighted by molar-refractivity contribution is -0.143. The van der Waals surface area contributed by atoms with E-state index in [0.29, 0.717) is 38.6 Å². The summed E-state index contributed by atoms with van der Waals surface area (Å²) < 4.78 is 41.7. The second kappa shape index (κ2) is 13.2. The number of amides is 1.